The highest BCUT2D eigenvalue weighted by atomic mass is 16.5. The molecular weight excluding hydrogens is 342 g/mol. The third-order valence-electron chi connectivity index (χ3n) is 4.11. The SMILES string of the molecule is CCOc1ccc(/C=C/C(=O)N(C)Cc2nc3ccccc3[nH]2)cc1OC. The Labute approximate surface area is 158 Å². The Balaban J connectivity index is 1.66. The Morgan fingerprint density at radius 3 is 2.78 bits per heavy atom. The number of carbonyl (C=O) groups is 1. The van der Waals surface area contributed by atoms with Gasteiger partial charge in [0, 0.05) is 13.1 Å². The second-order valence-electron chi connectivity index (χ2n) is 6.07. The molecule has 1 N–H and O–H groups in total. The van der Waals surface area contributed by atoms with Crippen LogP contribution in [0.2, 0.25) is 0 Å². The van der Waals surface area contributed by atoms with Crippen LogP contribution < -0.4 is 9.47 Å². The van der Waals surface area contributed by atoms with E-state index >= 15 is 0 Å². The monoisotopic (exact) mass is 365 g/mol. The van der Waals surface area contributed by atoms with Crippen molar-refractivity contribution in [3.63, 3.8) is 0 Å². The number of fused-ring (bicyclic) bond motifs is 1. The molecule has 0 aliphatic rings. The minimum atomic E-state index is -0.108. The molecule has 6 heteroatoms. The fourth-order valence-corrected chi connectivity index (χ4v) is 2.74. The summed E-state index contributed by atoms with van der Waals surface area (Å²) in [7, 11) is 3.34. The number of aromatic nitrogens is 2. The Morgan fingerprint density at radius 1 is 1.22 bits per heavy atom. The fourth-order valence-electron chi connectivity index (χ4n) is 2.74. The van der Waals surface area contributed by atoms with Crippen LogP contribution in [0.3, 0.4) is 0 Å². The number of likely N-dealkylation sites (N-methyl/N-ethyl adjacent to an activating group) is 1. The van der Waals surface area contributed by atoms with Gasteiger partial charge >= 0.3 is 0 Å². The maximum Gasteiger partial charge on any atom is 0.246 e. The molecule has 0 fully saturated rings. The molecule has 6 nitrogen and oxygen atoms in total. The summed E-state index contributed by atoms with van der Waals surface area (Å²) in [5.41, 5.74) is 2.72. The molecule has 2 aromatic carbocycles. The first kappa shape index (κ1) is 18.5. The molecule has 0 bridgehead atoms. The zero-order valence-electron chi connectivity index (χ0n) is 15.7. The van der Waals surface area contributed by atoms with Crippen LogP contribution in [0.1, 0.15) is 18.3 Å². The predicted octanol–water partition coefficient (Wildman–Crippen LogP) is 3.64. The number of hydrogen-bond donors (Lipinski definition) is 1. The number of aromatic amines is 1. The van der Waals surface area contributed by atoms with Gasteiger partial charge in [0.05, 0.1) is 31.3 Å². The van der Waals surface area contributed by atoms with E-state index in [0.29, 0.717) is 24.7 Å². The van der Waals surface area contributed by atoms with Crippen molar-refractivity contribution >= 4 is 23.0 Å². The summed E-state index contributed by atoms with van der Waals surface area (Å²) in [6, 6.07) is 13.4. The smallest absolute Gasteiger partial charge is 0.246 e. The maximum atomic E-state index is 12.4. The summed E-state index contributed by atoms with van der Waals surface area (Å²) in [5, 5.41) is 0. The van der Waals surface area contributed by atoms with Crippen LogP contribution in [-0.2, 0) is 11.3 Å². The second kappa shape index (κ2) is 8.40. The summed E-state index contributed by atoms with van der Waals surface area (Å²) in [5.74, 6) is 1.97. The summed E-state index contributed by atoms with van der Waals surface area (Å²) in [4.78, 5) is 21.7. The van der Waals surface area contributed by atoms with Crippen LogP contribution in [0.15, 0.2) is 48.5 Å². The van der Waals surface area contributed by atoms with Crippen LogP contribution in [0.25, 0.3) is 17.1 Å². The first-order valence-electron chi connectivity index (χ1n) is 8.78. The highest BCUT2D eigenvalue weighted by Crippen LogP contribution is 2.28. The first-order valence-corrected chi connectivity index (χ1v) is 8.78. The number of nitrogens with zero attached hydrogens (tertiary/aromatic N) is 2. The summed E-state index contributed by atoms with van der Waals surface area (Å²) < 4.78 is 10.8. The van der Waals surface area contributed by atoms with E-state index in [1.807, 2.05) is 49.4 Å². The molecule has 0 saturated heterocycles. The van der Waals surface area contributed by atoms with Crippen molar-refractivity contribution in [1.82, 2.24) is 14.9 Å². The van der Waals surface area contributed by atoms with Gasteiger partial charge in [0.15, 0.2) is 11.5 Å². The minimum Gasteiger partial charge on any atom is -0.493 e. The maximum absolute atomic E-state index is 12.4. The molecule has 1 aromatic heterocycles. The molecule has 0 unspecified atom stereocenters. The third kappa shape index (κ3) is 4.47. The molecule has 3 aromatic rings. The molecule has 0 aliphatic heterocycles. The number of ether oxygens (including phenoxy) is 2. The summed E-state index contributed by atoms with van der Waals surface area (Å²) in [6.45, 7) is 2.89. The van der Waals surface area contributed by atoms with E-state index in [2.05, 4.69) is 9.97 Å². The van der Waals surface area contributed by atoms with Crippen molar-refractivity contribution in [3.8, 4) is 11.5 Å². The van der Waals surface area contributed by atoms with Crippen LogP contribution in [0.5, 0.6) is 11.5 Å². The van der Waals surface area contributed by atoms with Crippen molar-refractivity contribution in [2.75, 3.05) is 20.8 Å². The molecule has 0 saturated carbocycles. The van der Waals surface area contributed by atoms with Gasteiger partial charge in [0.2, 0.25) is 5.91 Å². The first-order chi connectivity index (χ1) is 13.1. The quantitative estimate of drug-likeness (QED) is 0.649. The van der Waals surface area contributed by atoms with Gasteiger partial charge in [0.1, 0.15) is 5.82 Å². The zero-order valence-corrected chi connectivity index (χ0v) is 15.7. The Hall–Kier alpha value is -3.28. The Morgan fingerprint density at radius 2 is 2.04 bits per heavy atom. The second-order valence-corrected chi connectivity index (χ2v) is 6.07. The highest BCUT2D eigenvalue weighted by molar-refractivity contribution is 5.91. The van der Waals surface area contributed by atoms with E-state index < -0.39 is 0 Å². The number of rotatable bonds is 7. The number of hydrogen-bond acceptors (Lipinski definition) is 4. The molecule has 1 heterocycles. The summed E-state index contributed by atoms with van der Waals surface area (Å²) >= 11 is 0. The number of amides is 1. The van der Waals surface area contributed by atoms with Crippen molar-refractivity contribution in [1.29, 1.82) is 0 Å². The molecule has 0 aliphatic carbocycles. The Kier molecular flexibility index (Phi) is 5.76. The van der Waals surface area contributed by atoms with Gasteiger partial charge in [0.25, 0.3) is 0 Å². The van der Waals surface area contributed by atoms with E-state index in [1.165, 1.54) is 6.08 Å². The lowest BCUT2D eigenvalue weighted by atomic mass is 10.2. The Bertz CT molecular complexity index is 929. The van der Waals surface area contributed by atoms with E-state index in [-0.39, 0.29) is 5.91 Å². The lowest BCUT2D eigenvalue weighted by Gasteiger charge is -2.13. The lowest BCUT2D eigenvalue weighted by molar-refractivity contribution is -0.125. The van der Waals surface area contributed by atoms with Crippen molar-refractivity contribution < 1.29 is 14.3 Å². The molecule has 27 heavy (non-hydrogen) atoms. The number of benzene rings is 2. The van der Waals surface area contributed by atoms with Gasteiger partial charge in [-0.3, -0.25) is 4.79 Å². The van der Waals surface area contributed by atoms with Gasteiger partial charge < -0.3 is 19.4 Å². The van der Waals surface area contributed by atoms with Gasteiger partial charge in [-0.25, -0.2) is 4.98 Å². The van der Waals surface area contributed by atoms with Gasteiger partial charge in [-0.05, 0) is 42.8 Å². The highest BCUT2D eigenvalue weighted by Gasteiger charge is 2.10. The number of imidazole rings is 1. The molecule has 3 rings (SSSR count). The van der Waals surface area contributed by atoms with Crippen molar-refractivity contribution in [3.05, 3.63) is 59.9 Å². The van der Waals surface area contributed by atoms with Crippen molar-refractivity contribution in [2.24, 2.45) is 0 Å². The number of methoxy groups -OCH3 is 1. The average molecular weight is 365 g/mol. The molecular formula is C21H23N3O3. The van der Waals surface area contributed by atoms with E-state index in [4.69, 9.17) is 9.47 Å². The predicted molar refractivity (Wildman–Crippen MR) is 106 cm³/mol. The minimum absolute atomic E-state index is 0.108. The largest absolute Gasteiger partial charge is 0.493 e. The van der Waals surface area contributed by atoms with E-state index in [9.17, 15) is 4.79 Å². The number of carbonyl (C=O) groups excluding carboxylic acids is 1. The number of H-pyrrole nitrogens is 1. The lowest BCUT2D eigenvalue weighted by Crippen LogP contribution is -2.24. The summed E-state index contributed by atoms with van der Waals surface area (Å²) in [6.07, 6.45) is 3.30. The van der Waals surface area contributed by atoms with Gasteiger partial charge in [-0.1, -0.05) is 18.2 Å². The van der Waals surface area contributed by atoms with Crippen LogP contribution in [-0.4, -0.2) is 41.5 Å². The van der Waals surface area contributed by atoms with Crippen LogP contribution in [0, 0.1) is 0 Å². The van der Waals surface area contributed by atoms with Gasteiger partial charge in [-0.15, -0.1) is 0 Å². The van der Waals surface area contributed by atoms with E-state index in [0.717, 1.165) is 22.4 Å². The van der Waals surface area contributed by atoms with Crippen LogP contribution >= 0.6 is 0 Å². The normalized spacial score (nSPS) is 11.1. The topological polar surface area (TPSA) is 67.5 Å². The van der Waals surface area contributed by atoms with Gasteiger partial charge in [-0.2, -0.15) is 0 Å². The molecule has 140 valence electrons. The van der Waals surface area contributed by atoms with Crippen molar-refractivity contribution in [2.45, 2.75) is 13.5 Å². The molecule has 1 amide bonds. The average Bonchev–Trinajstić information content (AvgIpc) is 3.09. The van der Waals surface area contributed by atoms with E-state index in [1.54, 1.807) is 25.1 Å². The third-order valence-corrected chi connectivity index (χ3v) is 4.11. The molecule has 0 radical (unpaired) electrons. The fraction of sp³-hybridized carbons (Fsp3) is 0.238. The molecule has 0 spiro atoms. The molecule has 0 atom stereocenters. The standard InChI is InChI=1S/C21H23N3O3/c1-4-27-18-11-9-15(13-19(18)26-3)10-12-21(25)24(2)14-20-22-16-7-5-6-8-17(16)23-20/h5-13H,4,14H2,1-3H3,(H,22,23)/b12-10+. The number of nitrogens with one attached hydrogen (secondary N) is 1. The van der Waals surface area contributed by atoms with Crippen LogP contribution in [0.4, 0.5) is 0 Å². The zero-order chi connectivity index (χ0) is 19.2. The number of para-hydroxylation sites is 2.